The van der Waals surface area contributed by atoms with Gasteiger partial charge in [0.2, 0.25) is 0 Å². The van der Waals surface area contributed by atoms with Gasteiger partial charge in [-0.05, 0) is 38.5 Å². The molecule has 2 N–H and O–H groups in total. The molecule has 0 bridgehead atoms. The lowest BCUT2D eigenvalue weighted by Gasteiger charge is -2.28. The number of hydrogen-bond donors (Lipinski definition) is 2. The number of allylic oxidation sites excluding steroid dienone is 2. The number of aliphatic hydroxyl groups excluding tert-OH is 1. The highest BCUT2D eigenvalue weighted by Gasteiger charge is 2.63. The molecule has 0 radical (unpaired) electrons. The number of carbonyl (C=O) groups is 3. The lowest BCUT2D eigenvalue weighted by Crippen LogP contribution is -2.50. The summed E-state index contributed by atoms with van der Waals surface area (Å²) in [7, 11) is 0. The summed E-state index contributed by atoms with van der Waals surface area (Å²) in [5.74, 6) is -3.82. The topological polar surface area (TPSA) is 91.7 Å². The van der Waals surface area contributed by atoms with Gasteiger partial charge in [0, 0.05) is 18.8 Å². The fourth-order valence-corrected chi connectivity index (χ4v) is 3.55. The third-order valence-corrected chi connectivity index (χ3v) is 5.06. The number of aliphatic hydroxyl groups is 2. The Morgan fingerprint density at radius 1 is 1.15 bits per heavy atom. The second-order valence-corrected chi connectivity index (χ2v) is 8.64. The average molecular weight is 366 g/mol. The molecular weight excluding hydrogens is 332 g/mol. The lowest BCUT2D eigenvalue weighted by molar-refractivity contribution is -0.154. The van der Waals surface area contributed by atoms with E-state index >= 15 is 0 Å². The molecule has 0 saturated heterocycles. The standard InChI is InChI=1S/C21H34O5/c1-12(2)7-9-15-19(24)18(16(22)11-14(5)6)20(25)21(15,26)17(23)10-8-13(3)4/h7,13-15,18-19,24,26H,8-11H2,1-6H3. The molecule has 0 aromatic carbocycles. The van der Waals surface area contributed by atoms with Crippen molar-refractivity contribution < 1.29 is 24.6 Å². The van der Waals surface area contributed by atoms with E-state index in [0.29, 0.717) is 6.42 Å². The molecule has 1 rings (SSSR count). The molecule has 0 spiro atoms. The normalized spacial score (nSPS) is 28.7. The Morgan fingerprint density at radius 2 is 1.73 bits per heavy atom. The maximum Gasteiger partial charge on any atom is 0.187 e. The van der Waals surface area contributed by atoms with Crippen molar-refractivity contribution >= 4 is 17.3 Å². The monoisotopic (exact) mass is 366 g/mol. The molecule has 148 valence electrons. The van der Waals surface area contributed by atoms with Crippen LogP contribution >= 0.6 is 0 Å². The molecule has 4 unspecified atom stereocenters. The van der Waals surface area contributed by atoms with Gasteiger partial charge >= 0.3 is 0 Å². The molecular formula is C21H34O5. The summed E-state index contributed by atoms with van der Waals surface area (Å²) < 4.78 is 0. The third-order valence-electron chi connectivity index (χ3n) is 5.06. The van der Waals surface area contributed by atoms with Gasteiger partial charge in [0.15, 0.2) is 17.2 Å². The summed E-state index contributed by atoms with van der Waals surface area (Å²) in [6, 6.07) is 0. The summed E-state index contributed by atoms with van der Waals surface area (Å²) in [6.45, 7) is 11.3. The molecule has 1 fully saturated rings. The molecule has 0 aliphatic heterocycles. The van der Waals surface area contributed by atoms with Crippen LogP contribution in [0.1, 0.15) is 67.2 Å². The molecule has 5 nitrogen and oxygen atoms in total. The molecule has 5 heteroatoms. The Morgan fingerprint density at radius 3 is 2.19 bits per heavy atom. The maximum atomic E-state index is 12.9. The SMILES string of the molecule is CC(C)=CCC1C(O)C(C(=O)CC(C)C)C(=O)C1(O)C(=O)CCC(C)C. The van der Waals surface area contributed by atoms with E-state index in [0.717, 1.165) is 5.57 Å². The minimum absolute atomic E-state index is 0.0315. The van der Waals surface area contributed by atoms with Gasteiger partial charge in [-0.15, -0.1) is 0 Å². The highest BCUT2D eigenvalue weighted by molar-refractivity contribution is 6.19. The number of Topliss-reactive ketones (excluding diaryl/α,β-unsaturated/α-hetero) is 3. The van der Waals surface area contributed by atoms with Crippen molar-refractivity contribution in [1.82, 2.24) is 0 Å². The first-order chi connectivity index (χ1) is 11.9. The van der Waals surface area contributed by atoms with Crippen LogP contribution in [0.5, 0.6) is 0 Å². The summed E-state index contributed by atoms with van der Waals surface area (Å²) in [5.41, 5.74) is -1.32. The molecule has 1 aliphatic rings. The lowest BCUT2D eigenvalue weighted by atomic mass is 9.80. The highest BCUT2D eigenvalue weighted by Crippen LogP contribution is 2.42. The molecule has 0 aromatic heterocycles. The van der Waals surface area contributed by atoms with Crippen LogP contribution in [0.15, 0.2) is 11.6 Å². The zero-order chi connectivity index (χ0) is 20.2. The van der Waals surface area contributed by atoms with Gasteiger partial charge in [0.05, 0.1) is 6.10 Å². The smallest absolute Gasteiger partial charge is 0.187 e. The number of carbonyl (C=O) groups excluding carboxylic acids is 3. The third kappa shape index (κ3) is 4.89. The summed E-state index contributed by atoms with van der Waals surface area (Å²) in [5, 5.41) is 21.8. The van der Waals surface area contributed by atoms with E-state index in [9.17, 15) is 24.6 Å². The Labute approximate surface area is 156 Å². The van der Waals surface area contributed by atoms with E-state index in [1.165, 1.54) is 0 Å². The van der Waals surface area contributed by atoms with Crippen LogP contribution < -0.4 is 0 Å². The fourth-order valence-electron chi connectivity index (χ4n) is 3.55. The first kappa shape index (κ1) is 22.7. The minimum Gasteiger partial charge on any atom is -0.391 e. The quantitative estimate of drug-likeness (QED) is 0.483. The van der Waals surface area contributed by atoms with E-state index in [4.69, 9.17) is 0 Å². The van der Waals surface area contributed by atoms with Gasteiger partial charge < -0.3 is 10.2 Å². The van der Waals surface area contributed by atoms with Crippen LogP contribution in [0, 0.1) is 23.7 Å². The van der Waals surface area contributed by atoms with E-state index in [1.807, 2.05) is 41.5 Å². The Hall–Kier alpha value is -1.33. The number of rotatable bonds is 9. The molecule has 0 amide bonds. The van der Waals surface area contributed by atoms with E-state index in [1.54, 1.807) is 6.08 Å². The predicted octanol–water partition coefficient (Wildman–Crippen LogP) is 2.87. The van der Waals surface area contributed by atoms with E-state index in [-0.39, 0.29) is 31.1 Å². The summed E-state index contributed by atoms with van der Waals surface area (Å²) in [4.78, 5) is 38.2. The Balaban J connectivity index is 3.23. The van der Waals surface area contributed by atoms with Crippen LogP contribution in [0.3, 0.4) is 0 Å². The van der Waals surface area contributed by atoms with Crippen molar-refractivity contribution in [2.24, 2.45) is 23.7 Å². The molecule has 1 aliphatic carbocycles. The molecule has 26 heavy (non-hydrogen) atoms. The van der Waals surface area contributed by atoms with Crippen LogP contribution in [0.4, 0.5) is 0 Å². The number of ketones is 3. The highest BCUT2D eigenvalue weighted by atomic mass is 16.3. The second kappa shape index (κ2) is 9.05. The largest absolute Gasteiger partial charge is 0.391 e. The van der Waals surface area contributed by atoms with Gasteiger partial charge in [-0.3, -0.25) is 14.4 Å². The maximum absolute atomic E-state index is 12.9. The summed E-state index contributed by atoms with van der Waals surface area (Å²) >= 11 is 0. The van der Waals surface area contributed by atoms with Gasteiger partial charge in [0.1, 0.15) is 11.7 Å². The van der Waals surface area contributed by atoms with Crippen LogP contribution in [-0.2, 0) is 14.4 Å². The van der Waals surface area contributed by atoms with Gasteiger partial charge in [-0.1, -0.05) is 39.3 Å². The zero-order valence-corrected chi connectivity index (χ0v) is 16.9. The first-order valence-corrected chi connectivity index (χ1v) is 9.57. The van der Waals surface area contributed by atoms with Crippen LogP contribution in [-0.4, -0.2) is 39.3 Å². The first-order valence-electron chi connectivity index (χ1n) is 9.57. The van der Waals surface area contributed by atoms with Crippen molar-refractivity contribution in [3.05, 3.63) is 11.6 Å². The Kier molecular flexibility index (Phi) is 7.90. The van der Waals surface area contributed by atoms with Gasteiger partial charge in [0.25, 0.3) is 0 Å². The molecule has 0 heterocycles. The fraction of sp³-hybridized carbons (Fsp3) is 0.762. The van der Waals surface area contributed by atoms with Crippen molar-refractivity contribution in [3.63, 3.8) is 0 Å². The van der Waals surface area contributed by atoms with Gasteiger partial charge in [-0.25, -0.2) is 0 Å². The van der Waals surface area contributed by atoms with Crippen LogP contribution in [0.25, 0.3) is 0 Å². The zero-order valence-electron chi connectivity index (χ0n) is 16.9. The number of hydrogen-bond acceptors (Lipinski definition) is 5. The second-order valence-electron chi connectivity index (χ2n) is 8.64. The van der Waals surface area contributed by atoms with Crippen molar-refractivity contribution in [2.45, 2.75) is 78.9 Å². The van der Waals surface area contributed by atoms with Crippen molar-refractivity contribution in [1.29, 1.82) is 0 Å². The predicted molar refractivity (Wildman–Crippen MR) is 101 cm³/mol. The molecule has 1 saturated carbocycles. The van der Waals surface area contributed by atoms with E-state index in [2.05, 4.69) is 0 Å². The van der Waals surface area contributed by atoms with Crippen LogP contribution in [0.2, 0.25) is 0 Å². The minimum atomic E-state index is -2.28. The molecule has 0 aromatic rings. The van der Waals surface area contributed by atoms with Gasteiger partial charge in [-0.2, -0.15) is 0 Å². The Bertz CT molecular complexity index is 571. The van der Waals surface area contributed by atoms with E-state index < -0.39 is 40.9 Å². The molecule has 4 atom stereocenters. The summed E-state index contributed by atoms with van der Waals surface area (Å²) in [6.07, 6.45) is 1.38. The van der Waals surface area contributed by atoms with Crippen molar-refractivity contribution in [3.8, 4) is 0 Å². The van der Waals surface area contributed by atoms with Crippen molar-refractivity contribution in [2.75, 3.05) is 0 Å². The average Bonchev–Trinajstić information content (AvgIpc) is 2.69.